The molecule has 0 aliphatic heterocycles. The molecule has 190 valence electrons. The first kappa shape index (κ1) is 25.4. The van der Waals surface area contributed by atoms with E-state index in [4.69, 9.17) is 4.43 Å². The fourth-order valence-electron chi connectivity index (χ4n) is 7.96. The average Bonchev–Trinajstić information content (AvgIpc) is 3.19. The highest BCUT2D eigenvalue weighted by molar-refractivity contribution is 6.99. The smallest absolute Gasteiger partial charge is 0.261 e. The van der Waals surface area contributed by atoms with Gasteiger partial charge in [-0.15, -0.1) is 0 Å². The molecule has 0 radical (unpaired) electrons. The van der Waals surface area contributed by atoms with Crippen molar-refractivity contribution in [2.75, 3.05) is 6.61 Å². The van der Waals surface area contributed by atoms with Gasteiger partial charge in [0.05, 0.1) is 0 Å². The van der Waals surface area contributed by atoms with E-state index in [2.05, 4.69) is 114 Å². The second-order valence-corrected chi connectivity index (χ2v) is 17.2. The molecule has 0 spiro atoms. The number of ketones is 1. The second kappa shape index (κ2) is 9.26. The van der Waals surface area contributed by atoms with Crippen molar-refractivity contribution >= 4 is 24.5 Å². The minimum atomic E-state index is -2.52. The van der Waals surface area contributed by atoms with Crippen molar-refractivity contribution in [1.82, 2.24) is 0 Å². The molecule has 0 amide bonds. The van der Waals surface area contributed by atoms with Crippen molar-refractivity contribution in [2.24, 2.45) is 29.1 Å². The average molecular weight is 499 g/mol. The van der Waals surface area contributed by atoms with Crippen molar-refractivity contribution in [3.8, 4) is 0 Å². The van der Waals surface area contributed by atoms with E-state index in [0.29, 0.717) is 30.1 Å². The van der Waals surface area contributed by atoms with Crippen LogP contribution >= 0.6 is 0 Å². The van der Waals surface area contributed by atoms with Crippen LogP contribution in [0.15, 0.2) is 84.0 Å². The summed E-state index contributed by atoms with van der Waals surface area (Å²) in [6.07, 6.45) is 7.60. The number of Topliss-reactive ketones (excluding diaryl/α,β-unsaturated/α-hetero) is 1. The molecular formula is C33H42O2Si. The minimum Gasteiger partial charge on any atom is -0.407 e. The van der Waals surface area contributed by atoms with Gasteiger partial charge in [-0.3, -0.25) is 4.79 Å². The first-order valence-electron chi connectivity index (χ1n) is 13.8. The zero-order chi connectivity index (χ0) is 25.7. The van der Waals surface area contributed by atoms with E-state index in [1.807, 2.05) is 0 Å². The van der Waals surface area contributed by atoms with Gasteiger partial charge in [-0.2, -0.15) is 0 Å². The summed E-state index contributed by atoms with van der Waals surface area (Å²) in [7, 11) is -2.52. The molecule has 2 aromatic rings. The summed E-state index contributed by atoms with van der Waals surface area (Å²) in [6, 6.07) is 21.6. The highest BCUT2D eigenvalue weighted by atomic mass is 28.4. The summed E-state index contributed by atoms with van der Waals surface area (Å²) in [5.74, 6) is 1.98. The van der Waals surface area contributed by atoms with Crippen LogP contribution in [-0.2, 0) is 9.22 Å². The zero-order valence-electron chi connectivity index (χ0n) is 22.9. The van der Waals surface area contributed by atoms with Gasteiger partial charge >= 0.3 is 0 Å². The molecule has 0 aromatic heterocycles. The maximum absolute atomic E-state index is 13.6. The van der Waals surface area contributed by atoms with Crippen LogP contribution in [0.2, 0.25) is 5.04 Å². The Bertz CT molecular complexity index is 1130. The molecule has 5 rings (SSSR count). The molecule has 2 bridgehead atoms. The van der Waals surface area contributed by atoms with Gasteiger partial charge in [-0.1, -0.05) is 113 Å². The lowest BCUT2D eigenvalue weighted by Gasteiger charge is -2.43. The highest BCUT2D eigenvalue weighted by Crippen LogP contribution is 2.63. The van der Waals surface area contributed by atoms with Crippen LogP contribution < -0.4 is 10.4 Å². The fourth-order valence-corrected chi connectivity index (χ4v) is 12.6. The second-order valence-electron chi connectivity index (χ2n) is 12.9. The lowest BCUT2D eigenvalue weighted by molar-refractivity contribution is -0.120. The third-order valence-corrected chi connectivity index (χ3v) is 14.6. The molecule has 0 saturated heterocycles. The lowest BCUT2D eigenvalue weighted by atomic mass is 9.65. The SMILES string of the molecule is CC1=CC[C@H]2[C@H]3C=C(CCCO[Si](c4ccccc4)(c4ccccc4)C(C)(C)C)C(=O)[C@H]3[C@@H]1C2(C)C. The molecule has 3 aliphatic carbocycles. The van der Waals surface area contributed by atoms with Crippen molar-refractivity contribution < 1.29 is 9.22 Å². The first-order valence-corrected chi connectivity index (χ1v) is 15.7. The normalized spacial score (nSPS) is 27.0. The molecule has 2 nitrogen and oxygen atoms in total. The topological polar surface area (TPSA) is 26.3 Å². The largest absolute Gasteiger partial charge is 0.407 e. The third-order valence-electron chi connectivity index (χ3n) is 9.52. The molecular weight excluding hydrogens is 456 g/mol. The molecule has 3 heteroatoms. The Hall–Kier alpha value is -2.23. The van der Waals surface area contributed by atoms with Gasteiger partial charge in [0, 0.05) is 12.5 Å². The van der Waals surface area contributed by atoms with Gasteiger partial charge in [0.15, 0.2) is 5.78 Å². The minimum absolute atomic E-state index is 0.0257. The molecule has 36 heavy (non-hydrogen) atoms. The number of rotatable bonds is 7. The molecule has 1 saturated carbocycles. The van der Waals surface area contributed by atoms with Gasteiger partial charge in [0.25, 0.3) is 8.32 Å². The summed E-state index contributed by atoms with van der Waals surface area (Å²) >= 11 is 0. The lowest BCUT2D eigenvalue weighted by Crippen LogP contribution is -2.66. The maximum atomic E-state index is 13.6. The number of carbonyl (C=O) groups excluding carboxylic acids is 1. The van der Waals surface area contributed by atoms with Gasteiger partial charge in [0.1, 0.15) is 0 Å². The van der Waals surface area contributed by atoms with Crippen LogP contribution in [-0.4, -0.2) is 20.7 Å². The van der Waals surface area contributed by atoms with E-state index in [0.717, 1.165) is 24.8 Å². The standard InChI is InChI=1S/C33H42O2Si/c1-23-19-20-28-27-22-24(31(34)29(27)30(23)33(28,5)6)14-13-21-35-36(32(2,3)4,25-15-9-7-10-16-25)26-17-11-8-12-18-26/h7-12,15-19,22,27-30H,13-14,20-21H2,1-6H3/t27-,28+,29-,30-/m1/s1. The molecule has 0 heterocycles. The number of carbonyl (C=O) groups is 1. The Morgan fingerprint density at radius 3 is 2.11 bits per heavy atom. The summed E-state index contributed by atoms with van der Waals surface area (Å²) in [4.78, 5) is 13.6. The third kappa shape index (κ3) is 3.90. The van der Waals surface area contributed by atoms with Crippen molar-refractivity contribution in [3.63, 3.8) is 0 Å². The van der Waals surface area contributed by atoms with Crippen LogP contribution in [0.4, 0.5) is 0 Å². The molecule has 3 aliphatic rings. The predicted octanol–water partition coefficient (Wildman–Crippen LogP) is 6.71. The number of benzene rings is 2. The summed E-state index contributed by atoms with van der Waals surface area (Å²) < 4.78 is 7.07. The van der Waals surface area contributed by atoms with E-state index in [1.54, 1.807) is 0 Å². The van der Waals surface area contributed by atoms with E-state index < -0.39 is 8.32 Å². The van der Waals surface area contributed by atoms with Crippen LogP contribution in [0, 0.1) is 29.1 Å². The van der Waals surface area contributed by atoms with Gasteiger partial charge in [0.2, 0.25) is 0 Å². The summed E-state index contributed by atoms with van der Waals surface area (Å²) in [5, 5.41) is 2.60. The predicted molar refractivity (Wildman–Crippen MR) is 152 cm³/mol. The Morgan fingerprint density at radius 1 is 0.972 bits per heavy atom. The quantitative estimate of drug-likeness (QED) is 0.241. The monoisotopic (exact) mass is 498 g/mol. The summed E-state index contributed by atoms with van der Waals surface area (Å²) in [6.45, 7) is 14.6. The molecule has 0 N–H and O–H groups in total. The first-order chi connectivity index (χ1) is 17.1. The van der Waals surface area contributed by atoms with E-state index in [9.17, 15) is 4.79 Å². The summed E-state index contributed by atoms with van der Waals surface area (Å²) in [5.41, 5.74) is 2.72. The Labute approximate surface area is 219 Å². The maximum Gasteiger partial charge on any atom is 0.261 e. The van der Waals surface area contributed by atoms with E-state index >= 15 is 0 Å². The van der Waals surface area contributed by atoms with Crippen molar-refractivity contribution in [1.29, 1.82) is 0 Å². The Balaban J connectivity index is 1.34. The molecule has 4 atom stereocenters. The zero-order valence-corrected chi connectivity index (χ0v) is 23.9. The highest BCUT2D eigenvalue weighted by Gasteiger charge is 2.60. The Kier molecular flexibility index (Phi) is 6.54. The molecule has 0 unspecified atom stereocenters. The Morgan fingerprint density at radius 2 is 1.56 bits per heavy atom. The molecule has 2 aromatic carbocycles. The van der Waals surface area contributed by atoms with Gasteiger partial charge in [-0.05, 0) is 70.3 Å². The fraction of sp³-hybridized carbons (Fsp3) is 0.485. The number of allylic oxidation sites excluding steroid dienone is 4. The number of fused-ring (bicyclic) bond motifs is 5. The van der Waals surface area contributed by atoms with Crippen LogP contribution in [0.5, 0.6) is 0 Å². The van der Waals surface area contributed by atoms with Crippen molar-refractivity contribution in [2.45, 2.75) is 65.8 Å². The number of hydrogen-bond donors (Lipinski definition) is 0. The van der Waals surface area contributed by atoms with Crippen molar-refractivity contribution in [3.05, 3.63) is 84.0 Å². The number of hydrogen-bond acceptors (Lipinski definition) is 2. The van der Waals surface area contributed by atoms with Gasteiger partial charge < -0.3 is 4.43 Å². The van der Waals surface area contributed by atoms with Crippen LogP contribution in [0.3, 0.4) is 0 Å². The van der Waals surface area contributed by atoms with E-state index in [-0.39, 0.29) is 16.4 Å². The van der Waals surface area contributed by atoms with Gasteiger partial charge in [-0.25, -0.2) is 0 Å². The van der Waals surface area contributed by atoms with Crippen LogP contribution in [0.1, 0.15) is 60.8 Å². The van der Waals surface area contributed by atoms with E-state index in [1.165, 1.54) is 15.9 Å². The molecule has 1 fully saturated rings. The van der Waals surface area contributed by atoms with Crippen LogP contribution in [0.25, 0.3) is 0 Å².